The summed E-state index contributed by atoms with van der Waals surface area (Å²) < 4.78 is 5.27. The van der Waals surface area contributed by atoms with E-state index in [-0.39, 0.29) is 12.1 Å². The molecule has 1 heterocycles. The normalized spacial score (nSPS) is 15.9. The molecule has 1 aliphatic rings. The number of anilines is 2. The highest BCUT2D eigenvalue weighted by Gasteiger charge is 2.17. The first kappa shape index (κ1) is 19.1. The van der Waals surface area contributed by atoms with Crippen LogP contribution in [0.15, 0.2) is 48.5 Å². The summed E-state index contributed by atoms with van der Waals surface area (Å²) in [4.78, 5) is 14.8. The maximum absolute atomic E-state index is 12.3. The maximum atomic E-state index is 12.3. The number of urea groups is 1. The number of nitrogens with one attached hydrogen (secondary N) is 2. The lowest BCUT2D eigenvalue weighted by molar-refractivity contribution is 0.249. The van der Waals surface area contributed by atoms with Crippen LogP contribution in [-0.2, 0) is 0 Å². The van der Waals surface area contributed by atoms with Crippen molar-refractivity contribution < 1.29 is 9.53 Å². The zero-order valence-electron chi connectivity index (χ0n) is 16.4. The molecule has 0 radical (unpaired) electrons. The molecule has 3 rings (SSSR count). The van der Waals surface area contributed by atoms with Gasteiger partial charge >= 0.3 is 6.03 Å². The second-order valence-corrected chi connectivity index (χ2v) is 7.28. The van der Waals surface area contributed by atoms with Crippen LogP contribution >= 0.6 is 0 Å². The third-order valence-electron chi connectivity index (χ3n) is 5.24. The van der Waals surface area contributed by atoms with Gasteiger partial charge in [-0.25, -0.2) is 4.79 Å². The van der Waals surface area contributed by atoms with Crippen molar-refractivity contribution in [2.24, 2.45) is 5.92 Å². The highest BCUT2D eigenvalue weighted by molar-refractivity contribution is 5.91. The number of piperidine rings is 1. The average Bonchev–Trinajstić information content (AvgIpc) is 2.69. The Bertz CT molecular complexity index is 752. The van der Waals surface area contributed by atoms with Crippen molar-refractivity contribution in [1.29, 1.82) is 0 Å². The Kier molecular flexibility index (Phi) is 6.22. The van der Waals surface area contributed by atoms with Crippen LogP contribution in [0, 0.1) is 5.92 Å². The highest BCUT2D eigenvalue weighted by atomic mass is 16.5. The van der Waals surface area contributed by atoms with Crippen molar-refractivity contribution in [2.75, 3.05) is 30.4 Å². The smallest absolute Gasteiger partial charge is 0.319 e. The van der Waals surface area contributed by atoms with Gasteiger partial charge in [-0.2, -0.15) is 0 Å². The van der Waals surface area contributed by atoms with E-state index in [2.05, 4.69) is 46.7 Å². The summed E-state index contributed by atoms with van der Waals surface area (Å²) in [6.07, 6.45) is 2.51. The Hall–Kier alpha value is -2.69. The predicted octanol–water partition coefficient (Wildman–Crippen LogP) is 4.81. The van der Waals surface area contributed by atoms with E-state index in [9.17, 15) is 4.79 Å². The first-order chi connectivity index (χ1) is 13.1. The molecule has 2 amide bonds. The summed E-state index contributed by atoms with van der Waals surface area (Å²) in [5.74, 6) is 1.46. The molecule has 0 aromatic heterocycles. The predicted molar refractivity (Wildman–Crippen MR) is 111 cm³/mol. The molecule has 1 fully saturated rings. The van der Waals surface area contributed by atoms with Crippen molar-refractivity contribution in [3.63, 3.8) is 0 Å². The van der Waals surface area contributed by atoms with Gasteiger partial charge in [-0.3, -0.25) is 0 Å². The summed E-state index contributed by atoms with van der Waals surface area (Å²) >= 11 is 0. The number of para-hydroxylation sites is 2. The summed E-state index contributed by atoms with van der Waals surface area (Å²) in [7, 11) is 1.59. The molecule has 5 nitrogen and oxygen atoms in total. The van der Waals surface area contributed by atoms with E-state index in [4.69, 9.17) is 4.74 Å². The Morgan fingerprint density at radius 3 is 2.44 bits per heavy atom. The first-order valence-electron chi connectivity index (χ1n) is 9.62. The van der Waals surface area contributed by atoms with Gasteiger partial charge in [-0.1, -0.05) is 31.2 Å². The van der Waals surface area contributed by atoms with Crippen molar-refractivity contribution in [2.45, 2.75) is 32.7 Å². The molecule has 0 spiro atoms. The van der Waals surface area contributed by atoms with Crippen LogP contribution in [0.5, 0.6) is 5.75 Å². The molecule has 2 aromatic carbocycles. The summed E-state index contributed by atoms with van der Waals surface area (Å²) in [6.45, 7) is 6.55. The van der Waals surface area contributed by atoms with Crippen molar-refractivity contribution in [3.05, 3.63) is 54.1 Å². The molecule has 1 atom stereocenters. The summed E-state index contributed by atoms with van der Waals surface area (Å²) in [5.41, 5.74) is 3.00. The molecule has 0 bridgehead atoms. The molecular formula is C22H29N3O2. The fraction of sp³-hybridized carbons (Fsp3) is 0.409. The summed E-state index contributed by atoms with van der Waals surface area (Å²) in [6, 6.07) is 15.5. The number of hydrogen-bond acceptors (Lipinski definition) is 3. The standard InChI is InChI=1S/C22H29N3O2/c1-16-12-14-25(15-13-16)19-10-8-18(9-11-19)17(2)23-22(26)24-20-6-4-5-7-21(20)27-3/h4-11,16-17H,12-15H2,1-3H3,(H2,23,24,26). The van der Waals surface area contributed by atoms with Crippen LogP contribution in [-0.4, -0.2) is 26.2 Å². The minimum atomic E-state index is -0.249. The van der Waals surface area contributed by atoms with E-state index in [1.165, 1.54) is 18.5 Å². The van der Waals surface area contributed by atoms with Gasteiger partial charge < -0.3 is 20.3 Å². The molecule has 1 aliphatic heterocycles. The topological polar surface area (TPSA) is 53.6 Å². The minimum Gasteiger partial charge on any atom is -0.495 e. The van der Waals surface area contributed by atoms with Crippen LogP contribution in [0.2, 0.25) is 0 Å². The molecule has 1 unspecified atom stereocenters. The van der Waals surface area contributed by atoms with Crippen molar-refractivity contribution in [3.8, 4) is 5.75 Å². The molecule has 0 saturated carbocycles. The third-order valence-corrected chi connectivity index (χ3v) is 5.24. The van der Waals surface area contributed by atoms with Gasteiger partial charge in [0.25, 0.3) is 0 Å². The Labute approximate surface area is 161 Å². The van der Waals surface area contributed by atoms with Gasteiger partial charge in [0.1, 0.15) is 5.75 Å². The van der Waals surface area contributed by atoms with E-state index < -0.39 is 0 Å². The van der Waals surface area contributed by atoms with Crippen LogP contribution in [0.3, 0.4) is 0 Å². The van der Waals surface area contributed by atoms with Crippen LogP contribution in [0.1, 0.15) is 38.3 Å². The van der Waals surface area contributed by atoms with E-state index >= 15 is 0 Å². The quantitative estimate of drug-likeness (QED) is 0.797. The number of methoxy groups -OCH3 is 1. The summed E-state index contributed by atoms with van der Waals surface area (Å²) in [5, 5.41) is 5.83. The van der Waals surface area contributed by atoms with Gasteiger partial charge in [0, 0.05) is 18.8 Å². The van der Waals surface area contributed by atoms with Crippen LogP contribution in [0.4, 0.5) is 16.2 Å². The highest BCUT2D eigenvalue weighted by Crippen LogP contribution is 2.25. The van der Waals surface area contributed by atoms with Gasteiger partial charge in [0.15, 0.2) is 0 Å². The average molecular weight is 367 g/mol. The van der Waals surface area contributed by atoms with Crippen molar-refractivity contribution >= 4 is 17.4 Å². The molecule has 1 saturated heterocycles. The zero-order chi connectivity index (χ0) is 19.2. The molecule has 27 heavy (non-hydrogen) atoms. The van der Waals surface area contributed by atoms with Crippen LogP contribution in [0.25, 0.3) is 0 Å². The fourth-order valence-corrected chi connectivity index (χ4v) is 3.43. The largest absolute Gasteiger partial charge is 0.495 e. The maximum Gasteiger partial charge on any atom is 0.319 e. The number of nitrogens with zero attached hydrogens (tertiary/aromatic N) is 1. The second-order valence-electron chi connectivity index (χ2n) is 7.28. The monoisotopic (exact) mass is 367 g/mol. The zero-order valence-corrected chi connectivity index (χ0v) is 16.4. The van der Waals surface area contributed by atoms with Crippen LogP contribution < -0.4 is 20.3 Å². The van der Waals surface area contributed by atoms with E-state index in [0.717, 1.165) is 24.6 Å². The number of rotatable bonds is 5. The molecule has 2 aromatic rings. The molecule has 144 valence electrons. The number of ether oxygens (including phenoxy) is 1. The minimum absolute atomic E-state index is 0.0878. The molecule has 2 N–H and O–H groups in total. The van der Waals surface area contributed by atoms with Gasteiger partial charge in [0.2, 0.25) is 0 Å². The van der Waals surface area contributed by atoms with Crippen molar-refractivity contribution in [1.82, 2.24) is 5.32 Å². The lowest BCUT2D eigenvalue weighted by atomic mass is 9.98. The number of amides is 2. The second kappa shape index (κ2) is 8.80. The van der Waals surface area contributed by atoms with Gasteiger partial charge in [0.05, 0.1) is 18.8 Å². The Morgan fingerprint density at radius 2 is 1.78 bits per heavy atom. The molecular weight excluding hydrogens is 338 g/mol. The fourth-order valence-electron chi connectivity index (χ4n) is 3.43. The number of hydrogen-bond donors (Lipinski definition) is 2. The number of carbonyl (C=O) groups excluding carboxylic acids is 1. The van der Waals surface area contributed by atoms with E-state index in [1.54, 1.807) is 7.11 Å². The lowest BCUT2D eigenvalue weighted by Crippen LogP contribution is -2.33. The SMILES string of the molecule is COc1ccccc1NC(=O)NC(C)c1ccc(N2CCC(C)CC2)cc1. The number of benzene rings is 2. The van der Waals surface area contributed by atoms with E-state index in [0.29, 0.717) is 11.4 Å². The van der Waals surface area contributed by atoms with Gasteiger partial charge in [-0.15, -0.1) is 0 Å². The first-order valence-corrected chi connectivity index (χ1v) is 9.62. The molecule has 5 heteroatoms. The van der Waals surface area contributed by atoms with E-state index in [1.807, 2.05) is 31.2 Å². The van der Waals surface area contributed by atoms with Gasteiger partial charge in [-0.05, 0) is 55.5 Å². The number of carbonyl (C=O) groups is 1. The Balaban J connectivity index is 1.57. The lowest BCUT2D eigenvalue weighted by Gasteiger charge is -2.32. The Morgan fingerprint density at radius 1 is 1.11 bits per heavy atom. The molecule has 0 aliphatic carbocycles. The third kappa shape index (κ3) is 4.94.